The molecule has 28 heavy (non-hydrogen) atoms. The van der Waals surface area contributed by atoms with Crippen LogP contribution < -0.4 is 10.6 Å². The molecule has 10 nitrogen and oxygen atoms in total. The molecule has 10 heteroatoms. The summed E-state index contributed by atoms with van der Waals surface area (Å²) in [5.41, 5.74) is 0.0549. The molecule has 1 heterocycles. The van der Waals surface area contributed by atoms with Crippen molar-refractivity contribution in [1.29, 1.82) is 0 Å². The summed E-state index contributed by atoms with van der Waals surface area (Å²) in [6.07, 6.45) is 0. The quantitative estimate of drug-likeness (QED) is 0.375. The van der Waals surface area contributed by atoms with E-state index in [4.69, 9.17) is 0 Å². The van der Waals surface area contributed by atoms with Crippen molar-refractivity contribution in [3.8, 4) is 0 Å². The number of pyridine rings is 1. The fourth-order valence-electron chi connectivity index (χ4n) is 2.53. The Hall–Kier alpha value is -3.69. The number of hydrogen-bond donors (Lipinski definition) is 4. The summed E-state index contributed by atoms with van der Waals surface area (Å²) in [5.74, 6) is -2.92. The molecule has 1 aromatic carbocycles. The molecule has 2 rings (SSSR count). The Morgan fingerprint density at radius 2 is 1.68 bits per heavy atom. The minimum Gasteiger partial charge on any atom is -0.480 e. The maximum Gasteiger partial charge on any atom is 0.330 e. The summed E-state index contributed by atoms with van der Waals surface area (Å²) in [4.78, 5) is 37.7. The van der Waals surface area contributed by atoms with Crippen LogP contribution in [0.15, 0.2) is 42.5 Å². The van der Waals surface area contributed by atoms with Gasteiger partial charge in [-0.15, -0.1) is 0 Å². The summed E-state index contributed by atoms with van der Waals surface area (Å²) >= 11 is 0. The zero-order valence-electron chi connectivity index (χ0n) is 15.2. The topological polar surface area (TPSA) is 155 Å². The first kappa shape index (κ1) is 20.6. The average molecular weight is 388 g/mol. The van der Waals surface area contributed by atoms with Gasteiger partial charge in [0.25, 0.3) is 0 Å². The van der Waals surface area contributed by atoms with E-state index < -0.39 is 34.6 Å². The maximum atomic E-state index is 11.6. The third-order valence-electron chi connectivity index (χ3n) is 3.97. The number of nitro groups is 1. The van der Waals surface area contributed by atoms with Gasteiger partial charge in [-0.25, -0.2) is 14.6 Å². The van der Waals surface area contributed by atoms with Crippen LogP contribution in [0.4, 0.5) is 17.3 Å². The van der Waals surface area contributed by atoms with Crippen LogP contribution in [0, 0.1) is 16.0 Å². The monoisotopic (exact) mass is 388 g/mol. The van der Waals surface area contributed by atoms with Crippen molar-refractivity contribution in [1.82, 2.24) is 4.98 Å². The van der Waals surface area contributed by atoms with Crippen molar-refractivity contribution in [2.24, 2.45) is 5.92 Å². The molecule has 0 radical (unpaired) electrons. The molecule has 2 aromatic rings. The van der Waals surface area contributed by atoms with Gasteiger partial charge in [-0.1, -0.05) is 44.2 Å². The largest absolute Gasteiger partial charge is 0.480 e. The van der Waals surface area contributed by atoms with Crippen LogP contribution in [0.1, 0.15) is 25.5 Å². The number of aromatic nitrogens is 1. The number of anilines is 2. The molecule has 0 amide bonds. The van der Waals surface area contributed by atoms with Gasteiger partial charge in [0.05, 0.1) is 4.92 Å². The van der Waals surface area contributed by atoms with E-state index in [1.807, 2.05) is 0 Å². The van der Waals surface area contributed by atoms with Gasteiger partial charge in [0.2, 0.25) is 5.82 Å². The highest BCUT2D eigenvalue weighted by atomic mass is 16.6. The molecule has 0 saturated carbocycles. The Bertz CT molecular complexity index is 872. The summed E-state index contributed by atoms with van der Waals surface area (Å²) in [6.45, 7) is 3.30. The molecule has 0 aliphatic rings. The lowest BCUT2D eigenvalue weighted by molar-refractivity contribution is -0.384. The Kier molecular flexibility index (Phi) is 6.48. The highest BCUT2D eigenvalue weighted by molar-refractivity contribution is 5.80. The van der Waals surface area contributed by atoms with Gasteiger partial charge in [-0.2, -0.15) is 0 Å². The molecule has 0 spiro atoms. The van der Waals surface area contributed by atoms with Crippen LogP contribution in [0.3, 0.4) is 0 Å². The number of hydrogen-bond acceptors (Lipinski definition) is 7. The van der Waals surface area contributed by atoms with E-state index in [1.165, 1.54) is 6.07 Å². The normalized spacial score (nSPS) is 12.8. The summed E-state index contributed by atoms with van der Waals surface area (Å²) < 4.78 is 0. The van der Waals surface area contributed by atoms with E-state index in [-0.39, 0.29) is 17.6 Å². The number of nitrogens with zero attached hydrogens (tertiary/aromatic N) is 2. The SMILES string of the molecule is CC(C)[C@H](Nc1nc(N[C@H](C(=O)O)c2ccccc2)ccc1[N+](=O)[O-])C(=O)O. The van der Waals surface area contributed by atoms with Gasteiger partial charge >= 0.3 is 17.6 Å². The van der Waals surface area contributed by atoms with Crippen molar-refractivity contribution >= 4 is 29.3 Å². The highest BCUT2D eigenvalue weighted by Gasteiger charge is 2.27. The van der Waals surface area contributed by atoms with E-state index in [1.54, 1.807) is 44.2 Å². The lowest BCUT2D eigenvalue weighted by Crippen LogP contribution is -2.35. The third kappa shape index (κ3) is 4.93. The van der Waals surface area contributed by atoms with Crippen LogP contribution in [0.25, 0.3) is 0 Å². The molecular weight excluding hydrogens is 368 g/mol. The van der Waals surface area contributed by atoms with E-state index in [0.29, 0.717) is 5.56 Å². The summed E-state index contributed by atoms with van der Waals surface area (Å²) in [7, 11) is 0. The van der Waals surface area contributed by atoms with Crippen LogP contribution in [0.2, 0.25) is 0 Å². The van der Waals surface area contributed by atoms with Crippen molar-refractivity contribution in [2.45, 2.75) is 25.9 Å². The summed E-state index contributed by atoms with van der Waals surface area (Å²) in [5, 5.41) is 35.4. The fraction of sp³-hybridized carbons (Fsp3) is 0.278. The minimum absolute atomic E-state index is 0.0530. The molecule has 148 valence electrons. The number of aliphatic carboxylic acids is 2. The van der Waals surface area contributed by atoms with Gasteiger partial charge < -0.3 is 20.8 Å². The molecule has 2 atom stereocenters. The van der Waals surface area contributed by atoms with Crippen LogP contribution in [-0.4, -0.2) is 38.1 Å². The summed E-state index contributed by atoms with van der Waals surface area (Å²) in [6, 6.07) is 8.52. The van der Waals surface area contributed by atoms with Crippen LogP contribution in [-0.2, 0) is 9.59 Å². The number of carbonyl (C=O) groups is 2. The second-order valence-electron chi connectivity index (χ2n) is 6.35. The van der Waals surface area contributed by atoms with Crippen LogP contribution >= 0.6 is 0 Å². The van der Waals surface area contributed by atoms with Gasteiger partial charge in [-0.05, 0) is 17.5 Å². The zero-order valence-corrected chi connectivity index (χ0v) is 15.2. The molecule has 0 aliphatic heterocycles. The van der Waals surface area contributed by atoms with Crippen LogP contribution in [0.5, 0.6) is 0 Å². The van der Waals surface area contributed by atoms with Crippen molar-refractivity contribution < 1.29 is 24.7 Å². The molecule has 0 fully saturated rings. The first-order valence-corrected chi connectivity index (χ1v) is 8.39. The second kappa shape index (κ2) is 8.80. The smallest absolute Gasteiger partial charge is 0.330 e. The number of nitrogens with one attached hydrogen (secondary N) is 2. The van der Waals surface area contributed by atoms with E-state index >= 15 is 0 Å². The standard InChI is InChI=1S/C18H20N4O6/c1-10(2)14(17(23)24)21-16-12(22(27)28)8-9-13(20-16)19-15(18(25)26)11-6-4-3-5-7-11/h3-10,14-15H,1-2H3,(H,23,24)(H,25,26)(H2,19,20,21)/t14-,15-/m0/s1. The molecule has 0 aliphatic carbocycles. The lowest BCUT2D eigenvalue weighted by Gasteiger charge is -2.20. The Morgan fingerprint density at radius 3 is 2.18 bits per heavy atom. The van der Waals surface area contributed by atoms with Crippen molar-refractivity contribution in [2.75, 3.05) is 10.6 Å². The Balaban J connectivity index is 2.39. The molecule has 1 aromatic heterocycles. The van der Waals surface area contributed by atoms with E-state index in [0.717, 1.165) is 6.07 Å². The Morgan fingerprint density at radius 1 is 1.04 bits per heavy atom. The molecule has 0 unspecified atom stereocenters. The number of carboxylic acids is 2. The number of rotatable bonds is 9. The molecule has 0 bridgehead atoms. The number of benzene rings is 1. The fourth-order valence-corrected chi connectivity index (χ4v) is 2.53. The molecule has 0 saturated heterocycles. The number of carboxylic acid groups (broad SMARTS) is 2. The third-order valence-corrected chi connectivity index (χ3v) is 3.97. The maximum absolute atomic E-state index is 11.6. The first-order valence-electron chi connectivity index (χ1n) is 8.39. The zero-order chi connectivity index (χ0) is 20.8. The molecule has 4 N–H and O–H groups in total. The predicted molar refractivity (Wildman–Crippen MR) is 101 cm³/mol. The van der Waals surface area contributed by atoms with Gasteiger partial charge in [0, 0.05) is 6.07 Å². The van der Waals surface area contributed by atoms with Gasteiger partial charge in [0.1, 0.15) is 11.9 Å². The van der Waals surface area contributed by atoms with Gasteiger partial charge in [0.15, 0.2) is 6.04 Å². The Labute approximate surface area is 160 Å². The minimum atomic E-state index is -1.18. The highest BCUT2D eigenvalue weighted by Crippen LogP contribution is 2.27. The predicted octanol–water partition coefficient (Wildman–Crippen LogP) is 2.75. The van der Waals surface area contributed by atoms with E-state index in [2.05, 4.69) is 15.6 Å². The lowest BCUT2D eigenvalue weighted by atomic mass is 10.0. The second-order valence-corrected chi connectivity index (χ2v) is 6.35. The molecular formula is C18H20N4O6. The van der Waals surface area contributed by atoms with E-state index in [9.17, 15) is 29.9 Å². The van der Waals surface area contributed by atoms with Gasteiger partial charge in [-0.3, -0.25) is 10.1 Å². The van der Waals surface area contributed by atoms with Crippen molar-refractivity contribution in [3.05, 3.63) is 58.1 Å². The first-order chi connectivity index (χ1) is 13.2. The van der Waals surface area contributed by atoms with Crippen molar-refractivity contribution in [3.63, 3.8) is 0 Å². The average Bonchev–Trinajstić information content (AvgIpc) is 2.64.